The third-order valence-corrected chi connectivity index (χ3v) is 3.12. The van der Waals surface area contributed by atoms with Gasteiger partial charge in [-0.3, -0.25) is 4.79 Å². The molecule has 2 atom stereocenters. The molecule has 0 aliphatic carbocycles. The lowest BCUT2D eigenvalue weighted by molar-refractivity contribution is 0.100. The minimum Gasteiger partial charge on any atom is -0.392 e. The van der Waals surface area contributed by atoms with Crippen LogP contribution < -0.4 is 16.8 Å². The summed E-state index contributed by atoms with van der Waals surface area (Å²) < 4.78 is 0. The molecule has 1 aromatic heterocycles. The number of hydrogen-bond donors (Lipinski definition) is 4. The predicted molar refractivity (Wildman–Crippen MR) is 78.4 cm³/mol. The van der Waals surface area contributed by atoms with Gasteiger partial charge in [0.1, 0.15) is 5.82 Å². The number of benzene rings is 1. The number of pyridine rings is 1. The van der Waals surface area contributed by atoms with Gasteiger partial charge in [0.2, 0.25) is 5.91 Å². The second-order valence-corrected chi connectivity index (χ2v) is 4.72. The summed E-state index contributed by atoms with van der Waals surface area (Å²) in [4.78, 5) is 15.9. The van der Waals surface area contributed by atoms with Crippen LogP contribution in [0.15, 0.2) is 30.3 Å². The summed E-state index contributed by atoms with van der Waals surface area (Å²) in [5.41, 5.74) is 12.2. The van der Waals surface area contributed by atoms with Crippen molar-refractivity contribution in [1.82, 2.24) is 4.98 Å². The van der Waals surface area contributed by atoms with Crippen LogP contribution in [0.25, 0.3) is 10.9 Å². The number of anilines is 1. The second-order valence-electron chi connectivity index (χ2n) is 4.72. The molecule has 0 aliphatic rings. The van der Waals surface area contributed by atoms with Crippen molar-refractivity contribution in [2.75, 3.05) is 11.9 Å². The summed E-state index contributed by atoms with van der Waals surface area (Å²) in [5, 5.41) is 13.1. The van der Waals surface area contributed by atoms with Crippen LogP contribution in [0.2, 0.25) is 0 Å². The number of hydrogen-bond acceptors (Lipinski definition) is 5. The van der Waals surface area contributed by atoms with E-state index in [1.807, 2.05) is 18.2 Å². The number of nitrogens with one attached hydrogen (secondary N) is 1. The minimum absolute atomic E-state index is 0.348. The zero-order chi connectivity index (χ0) is 14.7. The number of carbonyl (C=O) groups excluding carboxylic acids is 1. The Balaban J connectivity index is 2.33. The van der Waals surface area contributed by atoms with E-state index in [0.29, 0.717) is 28.8 Å². The number of carbonyl (C=O) groups is 1. The molecule has 6 heteroatoms. The van der Waals surface area contributed by atoms with Crippen LogP contribution in [0.5, 0.6) is 0 Å². The van der Waals surface area contributed by atoms with E-state index in [-0.39, 0.29) is 0 Å². The monoisotopic (exact) mass is 274 g/mol. The topological polar surface area (TPSA) is 114 Å². The molecule has 2 unspecified atom stereocenters. The van der Waals surface area contributed by atoms with Crippen molar-refractivity contribution in [3.8, 4) is 0 Å². The summed E-state index contributed by atoms with van der Waals surface area (Å²) in [6.07, 6.45) is -0.626. The molecule has 0 saturated heterocycles. The van der Waals surface area contributed by atoms with E-state index in [0.717, 1.165) is 0 Å². The van der Waals surface area contributed by atoms with Crippen LogP contribution in [0.1, 0.15) is 17.3 Å². The average molecular weight is 274 g/mol. The maximum Gasteiger partial charge on any atom is 0.249 e. The van der Waals surface area contributed by atoms with Gasteiger partial charge in [-0.15, -0.1) is 0 Å². The first-order valence-electron chi connectivity index (χ1n) is 6.36. The lowest BCUT2D eigenvalue weighted by atomic mass is 10.1. The number of para-hydroxylation sites is 1. The highest BCUT2D eigenvalue weighted by Gasteiger charge is 2.12. The third-order valence-electron chi connectivity index (χ3n) is 3.12. The molecule has 2 aromatic rings. The zero-order valence-corrected chi connectivity index (χ0v) is 11.2. The zero-order valence-electron chi connectivity index (χ0n) is 11.2. The number of primary amides is 1. The van der Waals surface area contributed by atoms with Crippen molar-refractivity contribution >= 4 is 22.6 Å². The van der Waals surface area contributed by atoms with Crippen molar-refractivity contribution < 1.29 is 9.90 Å². The molecule has 1 amide bonds. The van der Waals surface area contributed by atoms with Gasteiger partial charge >= 0.3 is 0 Å². The first-order valence-corrected chi connectivity index (χ1v) is 6.36. The van der Waals surface area contributed by atoms with Gasteiger partial charge in [0.25, 0.3) is 0 Å². The summed E-state index contributed by atoms with van der Waals surface area (Å²) in [6, 6.07) is 8.45. The largest absolute Gasteiger partial charge is 0.392 e. The molecule has 6 nitrogen and oxygen atoms in total. The van der Waals surface area contributed by atoms with E-state index in [1.165, 1.54) is 0 Å². The summed E-state index contributed by atoms with van der Waals surface area (Å²) in [6.45, 7) is 1.97. The number of amides is 1. The molecule has 6 N–H and O–H groups in total. The van der Waals surface area contributed by atoms with E-state index < -0.39 is 18.1 Å². The maximum atomic E-state index is 11.5. The predicted octanol–water partition coefficient (Wildman–Crippen LogP) is 0.454. The molecule has 1 heterocycles. The van der Waals surface area contributed by atoms with Crippen molar-refractivity contribution in [2.45, 2.75) is 19.1 Å². The fraction of sp³-hybridized carbons (Fsp3) is 0.286. The van der Waals surface area contributed by atoms with Crippen molar-refractivity contribution in [2.24, 2.45) is 11.5 Å². The molecule has 0 saturated carbocycles. The van der Waals surface area contributed by atoms with Crippen LogP contribution in [-0.2, 0) is 0 Å². The number of rotatable bonds is 5. The van der Waals surface area contributed by atoms with Gasteiger partial charge in [-0.2, -0.15) is 0 Å². The van der Waals surface area contributed by atoms with Gasteiger partial charge in [-0.25, -0.2) is 4.98 Å². The average Bonchev–Trinajstić information content (AvgIpc) is 2.43. The molecule has 2 rings (SSSR count). The standard InChI is InChI=1S/C14H18N4O2/c1-8(19)11(15)7-17-13-6-10(14(16)20)9-4-2-3-5-12(9)18-13/h2-6,8,11,19H,7,15H2,1H3,(H2,16,20)(H,17,18). The first-order chi connectivity index (χ1) is 9.49. The molecule has 20 heavy (non-hydrogen) atoms. The summed E-state index contributed by atoms with van der Waals surface area (Å²) in [7, 11) is 0. The van der Waals surface area contributed by atoms with Gasteiger partial charge in [-0.1, -0.05) is 18.2 Å². The van der Waals surface area contributed by atoms with Gasteiger partial charge in [0, 0.05) is 18.0 Å². The first kappa shape index (κ1) is 14.2. The Hall–Kier alpha value is -2.18. The number of nitrogens with zero attached hydrogens (tertiary/aromatic N) is 1. The van der Waals surface area contributed by atoms with Crippen LogP contribution in [0.3, 0.4) is 0 Å². The minimum atomic E-state index is -0.626. The summed E-state index contributed by atoms with van der Waals surface area (Å²) in [5.74, 6) is 0.0000692. The van der Waals surface area contributed by atoms with Crippen LogP contribution in [0.4, 0.5) is 5.82 Å². The van der Waals surface area contributed by atoms with Crippen molar-refractivity contribution in [1.29, 1.82) is 0 Å². The molecule has 1 aromatic carbocycles. The molecule has 0 bridgehead atoms. The third kappa shape index (κ3) is 3.04. The van der Waals surface area contributed by atoms with Gasteiger partial charge in [0.05, 0.1) is 17.2 Å². The number of aromatic nitrogens is 1. The van der Waals surface area contributed by atoms with Gasteiger partial charge in [0.15, 0.2) is 0 Å². The van der Waals surface area contributed by atoms with E-state index in [4.69, 9.17) is 11.5 Å². The summed E-state index contributed by atoms with van der Waals surface area (Å²) >= 11 is 0. The van der Waals surface area contributed by atoms with Gasteiger partial charge < -0.3 is 21.9 Å². The Morgan fingerprint density at radius 1 is 1.45 bits per heavy atom. The van der Waals surface area contributed by atoms with Crippen molar-refractivity contribution in [3.05, 3.63) is 35.9 Å². The van der Waals surface area contributed by atoms with Gasteiger partial charge in [-0.05, 0) is 19.1 Å². The molecular weight excluding hydrogens is 256 g/mol. The SMILES string of the molecule is CC(O)C(N)CNc1cc(C(N)=O)c2ccccc2n1. The quantitative estimate of drug-likeness (QED) is 0.632. The normalized spacial score (nSPS) is 13.9. The van der Waals surface area contributed by atoms with E-state index in [1.54, 1.807) is 19.1 Å². The lowest BCUT2D eigenvalue weighted by Crippen LogP contribution is -2.38. The number of fused-ring (bicyclic) bond motifs is 1. The number of aliphatic hydroxyl groups is 1. The van der Waals surface area contributed by atoms with E-state index in [2.05, 4.69) is 10.3 Å². The molecular formula is C14H18N4O2. The molecule has 0 fully saturated rings. The molecule has 0 spiro atoms. The number of nitrogens with two attached hydrogens (primary N) is 2. The second kappa shape index (κ2) is 5.85. The Bertz CT molecular complexity index is 628. The Labute approximate surface area is 116 Å². The fourth-order valence-corrected chi connectivity index (χ4v) is 1.86. The smallest absolute Gasteiger partial charge is 0.249 e. The molecule has 0 aliphatic heterocycles. The van der Waals surface area contributed by atoms with E-state index >= 15 is 0 Å². The fourth-order valence-electron chi connectivity index (χ4n) is 1.86. The Kier molecular flexibility index (Phi) is 4.16. The Morgan fingerprint density at radius 2 is 2.15 bits per heavy atom. The van der Waals surface area contributed by atoms with Crippen LogP contribution in [-0.4, -0.2) is 34.7 Å². The number of aliphatic hydroxyl groups excluding tert-OH is 1. The molecule has 106 valence electrons. The highest BCUT2D eigenvalue weighted by Crippen LogP contribution is 2.20. The van der Waals surface area contributed by atoms with Crippen LogP contribution >= 0.6 is 0 Å². The highest BCUT2D eigenvalue weighted by molar-refractivity contribution is 6.06. The Morgan fingerprint density at radius 3 is 2.80 bits per heavy atom. The lowest BCUT2D eigenvalue weighted by Gasteiger charge is -2.16. The molecule has 0 radical (unpaired) electrons. The highest BCUT2D eigenvalue weighted by atomic mass is 16.3. The maximum absolute atomic E-state index is 11.5. The van der Waals surface area contributed by atoms with Crippen molar-refractivity contribution in [3.63, 3.8) is 0 Å². The van der Waals surface area contributed by atoms with E-state index in [9.17, 15) is 9.90 Å². The van der Waals surface area contributed by atoms with Crippen LogP contribution in [0, 0.1) is 0 Å².